The second-order valence-electron chi connectivity index (χ2n) is 6.81. The molecule has 0 spiro atoms. The molecule has 0 unspecified atom stereocenters. The number of likely N-dealkylation sites (tertiary alicyclic amines) is 1. The zero-order chi connectivity index (χ0) is 19.4. The monoisotopic (exact) mass is 377 g/mol. The predicted octanol–water partition coefficient (Wildman–Crippen LogP) is 0.892. The summed E-state index contributed by atoms with van der Waals surface area (Å²) in [5.74, 6) is -0.137. The lowest BCUT2D eigenvalue weighted by Crippen LogP contribution is -2.43. The van der Waals surface area contributed by atoms with Gasteiger partial charge in [0.15, 0.2) is 0 Å². The van der Waals surface area contributed by atoms with Crippen molar-refractivity contribution in [2.24, 2.45) is 5.92 Å². The van der Waals surface area contributed by atoms with Gasteiger partial charge < -0.3 is 19.4 Å². The van der Waals surface area contributed by atoms with Crippen molar-refractivity contribution in [2.75, 3.05) is 20.2 Å². The van der Waals surface area contributed by atoms with Crippen molar-refractivity contribution in [1.29, 1.82) is 0 Å². The highest BCUT2D eigenvalue weighted by Gasteiger charge is 2.40. The number of piperidine rings is 1. The number of nitrogens with one attached hydrogen (secondary N) is 1. The van der Waals surface area contributed by atoms with E-state index in [-0.39, 0.29) is 30.8 Å². The molecule has 0 radical (unpaired) electrons. The van der Waals surface area contributed by atoms with E-state index in [1.165, 1.54) is 13.4 Å². The number of amides is 4. The average Bonchev–Trinajstić information content (AvgIpc) is 3.26. The lowest BCUT2D eigenvalue weighted by molar-refractivity contribution is -0.142. The first-order chi connectivity index (χ1) is 13.0. The molecule has 0 aromatic carbocycles. The lowest BCUT2D eigenvalue weighted by atomic mass is 9.93. The second kappa shape index (κ2) is 8.24. The number of carbonyl (C=O) groups excluding carboxylic acids is 4. The summed E-state index contributed by atoms with van der Waals surface area (Å²) in [6.07, 6.45) is 3.20. The smallest absolute Gasteiger partial charge is 0.325 e. The third-order valence-corrected chi connectivity index (χ3v) is 5.03. The average molecular weight is 377 g/mol. The summed E-state index contributed by atoms with van der Waals surface area (Å²) >= 11 is 0. The highest BCUT2D eigenvalue weighted by molar-refractivity contribution is 6.05. The minimum atomic E-state index is -0.854. The van der Waals surface area contributed by atoms with E-state index >= 15 is 0 Å². The molecule has 27 heavy (non-hydrogen) atoms. The van der Waals surface area contributed by atoms with Gasteiger partial charge in [-0.1, -0.05) is 0 Å². The Morgan fingerprint density at radius 3 is 2.63 bits per heavy atom. The maximum atomic E-state index is 12.5. The van der Waals surface area contributed by atoms with Crippen LogP contribution >= 0.6 is 0 Å². The SMILES string of the molecule is COC(=O)CC1CCN(C(=O)C[C@H]2NC(=O)N(Cc3ccco3)C2=O)CC1. The van der Waals surface area contributed by atoms with Crippen LogP contribution in [0.4, 0.5) is 4.79 Å². The molecule has 2 aliphatic rings. The van der Waals surface area contributed by atoms with E-state index in [0.717, 1.165) is 17.7 Å². The standard InChI is InChI=1S/C18H23N3O6/c1-26-16(23)9-12-4-6-20(7-5-12)15(22)10-14-17(24)21(18(25)19-14)11-13-3-2-8-27-13/h2-3,8,12,14H,4-7,9-11H2,1H3,(H,19,25)/t14-/m1/s1. The normalized spacial score (nSPS) is 20.7. The zero-order valence-electron chi connectivity index (χ0n) is 15.2. The molecule has 1 aromatic heterocycles. The van der Waals surface area contributed by atoms with E-state index in [0.29, 0.717) is 25.3 Å². The quantitative estimate of drug-likeness (QED) is 0.583. The van der Waals surface area contributed by atoms with Gasteiger partial charge in [0.25, 0.3) is 5.91 Å². The van der Waals surface area contributed by atoms with Gasteiger partial charge in [0, 0.05) is 19.5 Å². The number of esters is 1. The molecule has 4 amide bonds. The summed E-state index contributed by atoms with van der Waals surface area (Å²) in [5.41, 5.74) is 0. The van der Waals surface area contributed by atoms with Crippen LogP contribution in [-0.2, 0) is 25.7 Å². The molecule has 0 aliphatic carbocycles. The fraction of sp³-hybridized carbons (Fsp3) is 0.556. The Morgan fingerprint density at radius 1 is 1.26 bits per heavy atom. The summed E-state index contributed by atoms with van der Waals surface area (Å²) in [7, 11) is 1.36. The van der Waals surface area contributed by atoms with Crippen molar-refractivity contribution < 1.29 is 28.3 Å². The summed E-state index contributed by atoms with van der Waals surface area (Å²) in [5, 5.41) is 2.57. The van der Waals surface area contributed by atoms with Gasteiger partial charge in [-0.05, 0) is 30.9 Å². The number of methoxy groups -OCH3 is 1. The topological polar surface area (TPSA) is 109 Å². The van der Waals surface area contributed by atoms with Crippen LogP contribution in [0, 0.1) is 5.92 Å². The van der Waals surface area contributed by atoms with Gasteiger partial charge in [-0.3, -0.25) is 19.3 Å². The Labute approximate surface area is 156 Å². The highest BCUT2D eigenvalue weighted by atomic mass is 16.5. The van der Waals surface area contributed by atoms with Crippen molar-refractivity contribution >= 4 is 23.8 Å². The van der Waals surface area contributed by atoms with Crippen LogP contribution in [0.5, 0.6) is 0 Å². The fourth-order valence-corrected chi connectivity index (χ4v) is 3.43. The van der Waals surface area contributed by atoms with Crippen LogP contribution in [0.1, 0.15) is 31.4 Å². The molecule has 1 atom stereocenters. The van der Waals surface area contributed by atoms with Gasteiger partial charge in [0.2, 0.25) is 5.91 Å². The van der Waals surface area contributed by atoms with Gasteiger partial charge >= 0.3 is 12.0 Å². The van der Waals surface area contributed by atoms with Gasteiger partial charge in [0.1, 0.15) is 11.8 Å². The number of nitrogens with zero attached hydrogens (tertiary/aromatic N) is 2. The molecule has 2 aliphatic heterocycles. The van der Waals surface area contributed by atoms with Crippen molar-refractivity contribution in [3.63, 3.8) is 0 Å². The number of hydrogen-bond acceptors (Lipinski definition) is 6. The number of hydrogen-bond donors (Lipinski definition) is 1. The Balaban J connectivity index is 1.49. The molecule has 3 heterocycles. The third-order valence-electron chi connectivity index (χ3n) is 5.03. The molecule has 3 rings (SSSR count). The number of ether oxygens (including phenoxy) is 1. The molecular weight excluding hydrogens is 354 g/mol. The van der Waals surface area contributed by atoms with Crippen molar-refractivity contribution in [3.8, 4) is 0 Å². The van der Waals surface area contributed by atoms with Gasteiger partial charge in [0.05, 0.1) is 26.3 Å². The highest BCUT2D eigenvalue weighted by Crippen LogP contribution is 2.22. The first-order valence-electron chi connectivity index (χ1n) is 8.96. The lowest BCUT2D eigenvalue weighted by Gasteiger charge is -2.32. The molecule has 9 heteroatoms. The molecule has 9 nitrogen and oxygen atoms in total. The fourth-order valence-electron chi connectivity index (χ4n) is 3.43. The van der Waals surface area contributed by atoms with Crippen LogP contribution in [0.15, 0.2) is 22.8 Å². The molecule has 146 valence electrons. The number of carbonyl (C=O) groups is 4. The summed E-state index contributed by atoms with van der Waals surface area (Å²) in [4.78, 5) is 51.1. The Morgan fingerprint density at radius 2 is 2.00 bits per heavy atom. The molecule has 0 saturated carbocycles. The van der Waals surface area contributed by atoms with Crippen LogP contribution in [0.25, 0.3) is 0 Å². The minimum Gasteiger partial charge on any atom is -0.469 e. The Hall–Kier alpha value is -2.84. The third kappa shape index (κ3) is 4.47. The van der Waals surface area contributed by atoms with E-state index in [2.05, 4.69) is 10.1 Å². The summed E-state index contributed by atoms with van der Waals surface area (Å²) in [6, 6.07) is 1.98. The van der Waals surface area contributed by atoms with Gasteiger partial charge in [-0.15, -0.1) is 0 Å². The zero-order valence-corrected chi connectivity index (χ0v) is 15.2. The van der Waals surface area contributed by atoms with Gasteiger partial charge in [-0.2, -0.15) is 0 Å². The number of rotatable bonds is 6. The molecular formula is C18H23N3O6. The van der Waals surface area contributed by atoms with Crippen LogP contribution in [-0.4, -0.2) is 59.9 Å². The van der Waals surface area contributed by atoms with E-state index in [4.69, 9.17) is 4.42 Å². The summed E-state index contributed by atoms with van der Waals surface area (Å²) < 4.78 is 9.84. The number of imide groups is 1. The first-order valence-corrected chi connectivity index (χ1v) is 8.96. The first kappa shape index (κ1) is 18.9. The Kier molecular flexibility index (Phi) is 5.78. The van der Waals surface area contributed by atoms with Crippen LogP contribution in [0.2, 0.25) is 0 Å². The molecule has 1 N–H and O–H groups in total. The van der Waals surface area contributed by atoms with Crippen molar-refractivity contribution in [1.82, 2.24) is 15.1 Å². The van der Waals surface area contributed by atoms with E-state index in [9.17, 15) is 19.2 Å². The maximum Gasteiger partial charge on any atom is 0.325 e. The maximum absolute atomic E-state index is 12.5. The van der Waals surface area contributed by atoms with Crippen molar-refractivity contribution in [2.45, 2.75) is 38.3 Å². The molecule has 0 bridgehead atoms. The molecule has 2 saturated heterocycles. The van der Waals surface area contributed by atoms with E-state index in [1.54, 1.807) is 17.0 Å². The second-order valence-corrected chi connectivity index (χ2v) is 6.81. The van der Waals surface area contributed by atoms with Crippen molar-refractivity contribution in [3.05, 3.63) is 24.2 Å². The largest absolute Gasteiger partial charge is 0.469 e. The predicted molar refractivity (Wildman–Crippen MR) is 92.1 cm³/mol. The number of urea groups is 1. The molecule has 2 fully saturated rings. The van der Waals surface area contributed by atoms with Gasteiger partial charge in [-0.25, -0.2) is 4.79 Å². The minimum absolute atomic E-state index is 0.0429. The molecule has 1 aromatic rings. The van der Waals surface area contributed by atoms with Crippen LogP contribution in [0.3, 0.4) is 0 Å². The van der Waals surface area contributed by atoms with E-state index < -0.39 is 18.0 Å². The van der Waals surface area contributed by atoms with E-state index in [1.807, 2.05) is 0 Å². The van der Waals surface area contributed by atoms with Crippen LogP contribution < -0.4 is 5.32 Å². The Bertz CT molecular complexity index is 709. The number of furan rings is 1. The summed E-state index contributed by atoms with van der Waals surface area (Å²) in [6.45, 7) is 1.11.